The molecule has 0 amide bonds. The average molecular weight is 567 g/mol. The summed E-state index contributed by atoms with van der Waals surface area (Å²) in [6, 6.07) is 21.6. The second-order valence-electron chi connectivity index (χ2n) is 11.8. The molecule has 0 saturated heterocycles. The van der Waals surface area contributed by atoms with Crippen LogP contribution in [0, 0.1) is 6.92 Å². The summed E-state index contributed by atoms with van der Waals surface area (Å²) in [7, 11) is -3.01. The topological polar surface area (TPSA) is 24.8 Å². The van der Waals surface area contributed by atoms with Gasteiger partial charge >= 0.3 is 0 Å². The van der Waals surface area contributed by atoms with E-state index >= 15 is 4.57 Å². The minimum absolute atomic E-state index is 0.926. The van der Waals surface area contributed by atoms with Crippen LogP contribution in [-0.4, -0.2) is 0 Å². The van der Waals surface area contributed by atoms with E-state index < -0.39 is 7.14 Å². The molecule has 0 aliphatic carbocycles. The summed E-state index contributed by atoms with van der Waals surface area (Å²) in [5, 5.41) is 2.88. The number of nitrogens with zero attached hydrogens (tertiary/aromatic N) is 2. The normalized spacial score (nSPS) is 15.6. The van der Waals surface area contributed by atoms with Gasteiger partial charge < -0.3 is 4.57 Å². The van der Waals surface area contributed by atoms with E-state index in [1.165, 1.54) is 68.9 Å². The minimum atomic E-state index is -3.01. The smallest absolute Gasteiger partial charge is 0.180 e. The number of benzene rings is 2. The van der Waals surface area contributed by atoms with Gasteiger partial charge in [0.05, 0.1) is 5.30 Å². The van der Waals surface area contributed by atoms with Crippen molar-refractivity contribution in [2.24, 2.45) is 0 Å². The molecule has 4 heteroatoms. The average Bonchev–Trinajstić information content (AvgIpc) is 3.25. The lowest BCUT2D eigenvalue weighted by molar-refractivity contribution is -0.697. The summed E-state index contributed by atoms with van der Waals surface area (Å²) >= 11 is 0. The Balaban J connectivity index is 1.45. The van der Waals surface area contributed by atoms with E-state index in [0.29, 0.717) is 0 Å². The number of aryl methyl sites for hydroxylation is 3. The van der Waals surface area contributed by atoms with Crippen LogP contribution >= 0.6 is 7.14 Å². The maximum absolute atomic E-state index is 15.4. The van der Waals surface area contributed by atoms with Gasteiger partial charge in [-0.25, -0.2) is 9.13 Å². The van der Waals surface area contributed by atoms with E-state index in [1.807, 2.05) is 0 Å². The fourth-order valence-corrected chi connectivity index (χ4v) is 9.19. The molecular weight excluding hydrogens is 519 g/mol. The highest BCUT2D eigenvalue weighted by molar-refractivity contribution is 7.86. The lowest BCUT2D eigenvalue weighted by atomic mass is 10.0. The first-order valence-electron chi connectivity index (χ1n) is 15.9. The van der Waals surface area contributed by atoms with Crippen molar-refractivity contribution in [3.63, 3.8) is 0 Å². The Hall–Kier alpha value is -3.03. The SMILES string of the molecule is CCCCCCC[n+]1ccc(-c2ccc3c(c2)P(=O)(c2ccc(C)cc2)c2c[n+](CCCCCCC)ccc2-3)cc1. The van der Waals surface area contributed by atoms with Crippen molar-refractivity contribution in [3.8, 4) is 22.3 Å². The molecule has 0 spiro atoms. The van der Waals surface area contributed by atoms with Crippen molar-refractivity contribution in [2.45, 2.75) is 98.1 Å². The fourth-order valence-electron chi connectivity index (χ4n) is 6.10. The van der Waals surface area contributed by atoms with Gasteiger partial charge in [-0.1, -0.05) is 94.3 Å². The summed E-state index contributed by atoms with van der Waals surface area (Å²) in [4.78, 5) is 0. The predicted octanol–water partition coefficient (Wildman–Crippen LogP) is 7.80. The fraction of sp³-hybridized carbons (Fsp3) is 0.405. The second kappa shape index (κ2) is 13.8. The zero-order valence-electron chi connectivity index (χ0n) is 25.3. The first kappa shape index (κ1) is 29.5. The van der Waals surface area contributed by atoms with E-state index in [1.54, 1.807) is 0 Å². The summed E-state index contributed by atoms with van der Waals surface area (Å²) in [5.74, 6) is 0. The van der Waals surface area contributed by atoms with E-state index in [-0.39, 0.29) is 0 Å². The van der Waals surface area contributed by atoms with Crippen LogP contribution in [0.3, 0.4) is 0 Å². The van der Waals surface area contributed by atoms with Crippen molar-refractivity contribution in [2.75, 3.05) is 0 Å². The van der Waals surface area contributed by atoms with Gasteiger partial charge in [-0.2, -0.15) is 0 Å². The highest BCUT2D eigenvalue weighted by atomic mass is 31.2. The Morgan fingerprint density at radius 1 is 0.585 bits per heavy atom. The van der Waals surface area contributed by atoms with Crippen molar-refractivity contribution >= 4 is 23.1 Å². The summed E-state index contributed by atoms with van der Waals surface area (Å²) in [6.07, 6.45) is 21.4. The van der Waals surface area contributed by atoms with Crippen molar-refractivity contribution in [1.29, 1.82) is 0 Å². The zero-order valence-corrected chi connectivity index (χ0v) is 26.2. The number of pyridine rings is 2. The molecule has 5 rings (SSSR count). The molecule has 1 atom stereocenters. The van der Waals surface area contributed by atoms with Crippen LogP contribution in [0.25, 0.3) is 22.3 Å². The molecule has 0 bridgehead atoms. The highest BCUT2D eigenvalue weighted by Crippen LogP contribution is 2.52. The molecule has 1 unspecified atom stereocenters. The van der Waals surface area contributed by atoms with Gasteiger partial charge in [0.2, 0.25) is 0 Å². The molecule has 1 aliphatic rings. The maximum Gasteiger partial charge on any atom is 0.180 e. The van der Waals surface area contributed by atoms with Crippen LogP contribution in [0.2, 0.25) is 0 Å². The molecule has 3 heterocycles. The molecule has 4 aromatic rings. The Kier molecular flexibility index (Phi) is 9.88. The first-order valence-corrected chi connectivity index (χ1v) is 17.6. The Labute approximate surface area is 247 Å². The van der Waals surface area contributed by atoms with Gasteiger partial charge in [0.15, 0.2) is 31.9 Å². The standard InChI is InChI=1S/C37H47N2OP/c1-4-6-8-10-12-23-38-25-20-31(21-26-38)32-16-19-34-35-22-27-39(24-13-11-9-7-5-2)29-37(35)41(40,36(34)28-32)33-17-14-30(3)15-18-33/h14-22,25-29H,4-13,23-24H2,1-3H3/q+2. The molecule has 0 saturated carbocycles. The molecule has 2 aromatic heterocycles. The van der Waals surface area contributed by atoms with Crippen LogP contribution in [0.1, 0.15) is 83.6 Å². The summed E-state index contributed by atoms with van der Waals surface area (Å²) < 4.78 is 19.9. The van der Waals surface area contributed by atoms with Crippen molar-refractivity contribution < 1.29 is 13.7 Å². The minimum Gasteiger partial charge on any atom is -0.308 e. The zero-order chi connectivity index (χ0) is 28.7. The van der Waals surface area contributed by atoms with Crippen LogP contribution in [-0.2, 0) is 17.7 Å². The number of fused-ring (bicyclic) bond motifs is 3. The molecule has 41 heavy (non-hydrogen) atoms. The predicted molar refractivity (Wildman–Crippen MR) is 173 cm³/mol. The lowest BCUT2D eigenvalue weighted by Gasteiger charge is -2.16. The molecule has 2 aromatic carbocycles. The number of hydrogen-bond acceptors (Lipinski definition) is 1. The number of hydrogen-bond donors (Lipinski definition) is 0. The van der Waals surface area contributed by atoms with Crippen LogP contribution in [0.5, 0.6) is 0 Å². The third-order valence-corrected chi connectivity index (χ3v) is 11.7. The molecule has 1 aliphatic heterocycles. The molecular formula is C37H47N2OP+2. The maximum atomic E-state index is 15.4. The molecule has 0 fully saturated rings. The monoisotopic (exact) mass is 566 g/mol. The number of unbranched alkanes of at least 4 members (excludes halogenated alkanes) is 8. The molecule has 0 N–H and O–H groups in total. The van der Waals surface area contributed by atoms with Crippen LogP contribution < -0.4 is 25.0 Å². The molecule has 0 radical (unpaired) electrons. The third-order valence-electron chi connectivity index (χ3n) is 8.62. The van der Waals surface area contributed by atoms with Crippen LogP contribution in [0.4, 0.5) is 0 Å². The van der Waals surface area contributed by atoms with E-state index in [4.69, 9.17) is 0 Å². The molecule has 214 valence electrons. The number of rotatable bonds is 14. The quantitative estimate of drug-likeness (QED) is 0.0765. The lowest BCUT2D eigenvalue weighted by Crippen LogP contribution is -2.37. The van der Waals surface area contributed by atoms with Crippen molar-refractivity contribution in [1.82, 2.24) is 0 Å². The van der Waals surface area contributed by atoms with Gasteiger partial charge in [-0.3, -0.25) is 0 Å². The van der Waals surface area contributed by atoms with E-state index in [2.05, 4.69) is 115 Å². The van der Waals surface area contributed by atoms with E-state index in [0.717, 1.165) is 52.1 Å². The van der Waals surface area contributed by atoms with Crippen molar-refractivity contribution in [3.05, 3.63) is 91.0 Å². The van der Waals surface area contributed by atoms with Gasteiger partial charge in [-0.05, 0) is 42.5 Å². The van der Waals surface area contributed by atoms with Gasteiger partial charge in [-0.15, -0.1) is 0 Å². The first-order chi connectivity index (χ1) is 20.0. The Morgan fingerprint density at radius 3 is 1.83 bits per heavy atom. The number of aromatic nitrogens is 2. The van der Waals surface area contributed by atoms with Gasteiger partial charge in [0, 0.05) is 47.2 Å². The third kappa shape index (κ3) is 6.57. The Bertz CT molecular complexity index is 1490. The van der Waals surface area contributed by atoms with E-state index in [9.17, 15) is 0 Å². The Morgan fingerprint density at radius 2 is 1.17 bits per heavy atom. The largest absolute Gasteiger partial charge is 0.308 e. The van der Waals surface area contributed by atoms with Gasteiger partial charge in [0.1, 0.15) is 13.1 Å². The summed E-state index contributed by atoms with van der Waals surface area (Å²) in [6.45, 7) is 8.64. The molecule has 3 nitrogen and oxygen atoms in total. The van der Waals surface area contributed by atoms with Crippen LogP contribution in [0.15, 0.2) is 85.5 Å². The summed E-state index contributed by atoms with van der Waals surface area (Å²) in [5.41, 5.74) is 5.71. The van der Waals surface area contributed by atoms with Gasteiger partial charge in [0.25, 0.3) is 0 Å². The highest BCUT2D eigenvalue weighted by Gasteiger charge is 2.42. The second-order valence-corrected chi connectivity index (χ2v) is 14.5.